The molecule has 1 aromatic carbocycles. The molecule has 0 aromatic heterocycles. The molecule has 0 unspecified atom stereocenters. The zero-order chi connectivity index (χ0) is 12.5. The zero-order valence-electron chi connectivity index (χ0n) is 9.13. The molecule has 0 radical (unpaired) electrons. The lowest BCUT2D eigenvalue weighted by molar-refractivity contribution is -0.137. The Morgan fingerprint density at radius 3 is 2.76 bits per heavy atom. The van der Waals surface area contributed by atoms with Crippen molar-refractivity contribution in [2.75, 3.05) is 30.3 Å². The first-order valence-electron chi connectivity index (χ1n) is 5.31. The van der Waals surface area contributed by atoms with Gasteiger partial charge in [0.05, 0.1) is 11.3 Å². The van der Waals surface area contributed by atoms with Crippen molar-refractivity contribution in [3.05, 3.63) is 23.8 Å². The maximum absolute atomic E-state index is 12.6. The SMILES string of the molecule is NCCN1CCSc2cc(C(F)(F)F)ccc21. The van der Waals surface area contributed by atoms with Gasteiger partial charge in [-0.25, -0.2) is 0 Å². The van der Waals surface area contributed by atoms with Gasteiger partial charge < -0.3 is 10.6 Å². The maximum atomic E-state index is 12.6. The Bertz CT molecular complexity index is 406. The van der Waals surface area contributed by atoms with Crippen LogP contribution < -0.4 is 10.6 Å². The molecule has 0 bridgehead atoms. The molecule has 0 saturated carbocycles. The largest absolute Gasteiger partial charge is 0.416 e. The molecule has 1 heterocycles. The fourth-order valence-electron chi connectivity index (χ4n) is 1.84. The highest BCUT2D eigenvalue weighted by molar-refractivity contribution is 7.99. The van der Waals surface area contributed by atoms with Gasteiger partial charge in [0, 0.05) is 30.3 Å². The van der Waals surface area contributed by atoms with Gasteiger partial charge in [-0.2, -0.15) is 13.2 Å². The van der Waals surface area contributed by atoms with Gasteiger partial charge in [-0.15, -0.1) is 11.8 Å². The first kappa shape index (κ1) is 12.6. The number of nitrogens with zero attached hydrogens (tertiary/aromatic N) is 1. The van der Waals surface area contributed by atoms with Crippen molar-refractivity contribution in [3.8, 4) is 0 Å². The predicted octanol–water partition coefficient (Wildman–Crippen LogP) is 2.58. The molecule has 94 valence electrons. The monoisotopic (exact) mass is 262 g/mol. The number of fused-ring (bicyclic) bond motifs is 1. The second-order valence-electron chi connectivity index (χ2n) is 3.80. The van der Waals surface area contributed by atoms with Gasteiger partial charge in [0.1, 0.15) is 0 Å². The minimum absolute atomic E-state index is 0.505. The predicted molar refractivity (Wildman–Crippen MR) is 63.4 cm³/mol. The summed E-state index contributed by atoms with van der Waals surface area (Å²) in [4.78, 5) is 2.73. The molecule has 0 fully saturated rings. The summed E-state index contributed by atoms with van der Waals surface area (Å²) < 4.78 is 37.7. The van der Waals surface area contributed by atoms with Crippen LogP contribution in [0.25, 0.3) is 0 Å². The molecule has 0 amide bonds. The van der Waals surface area contributed by atoms with E-state index in [0.717, 1.165) is 24.1 Å². The fourth-order valence-corrected chi connectivity index (χ4v) is 2.93. The molecule has 2 nitrogen and oxygen atoms in total. The van der Waals surface area contributed by atoms with E-state index in [0.29, 0.717) is 18.0 Å². The van der Waals surface area contributed by atoms with Crippen LogP contribution in [0.1, 0.15) is 5.56 Å². The third kappa shape index (κ3) is 2.69. The third-order valence-corrected chi connectivity index (χ3v) is 3.67. The Labute approximate surface area is 102 Å². The van der Waals surface area contributed by atoms with Crippen LogP contribution in [0, 0.1) is 0 Å². The molecular formula is C11H13F3N2S. The molecule has 2 rings (SSSR count). The van der Waals surface area contributed by atoms with Gasteiger partial charge in [0.2, 0.25) is 0 Å². The summed E-state index contributed by atoms with van der Waals surface area (Å²) in [5.41, 5.74) is 5.76. The van der Waals surface area contributed by atoms with Crippen molar-refractivity contribution >= 4 is 17.4 Å². The Morgan fingerprint density at radius 2 is 2.12 bits per heavy atom. The van der Waals surface area contributed by atoms with Crippen LogP contribution in [0.5, 0.6) is 0 Å². The number of hydrogen-bond donors (Lipinski definition) is 1. The van der Waals surface area contributed by atoms with Gasteiger partial charge >= 0.3 is 6.18 Å². The molecule has 6 heteroatoms. The van der Waals surface area contributed by atoms with Crippen LogP contribution in [0.2, 0.25) is 0 Å². The van der Waals surface area contributed by atoms with Gasteiger partial charge in [0.15, 0.2) is 0 Å². The highest BCUT2D eigenvalue weighted by Crippen LogP contribution is 2.39. The molecule has 0 spiro atoms. The van der Waals surface area contributed by atoms with Crippen molar-refractivity contribution in [3.63, 3.8) is 0 Å². The Kier molecular flexibility index (Phi) is 3.53. The minimum atomic E-state index is -4.27. The number of anilines is 1. The van der Waals surface area contributed by atoms with E-state index >= 15 is 0 Å². The maximum Gasteiger partial charge on any atom is 0.416 e. The Balaban J connectivity index is 2.33. The van der Waals surface area contributed by atoms with Crippen molar-refractivity contribution in [2.24, 2.45) is 5.73 Å². The second-order valence-corrected chi connectivity index (χ2v) is 4.94. The number of nitrogens with two attached hydrogens (primary N) is 1. The molecule has 0 atom stereocenters. The highest BCUT2D eigenvalue weighted by Gasteiger charge is 2.32. The first-order chi connectivity index (χ1) is 8.02. The van der Waals surface area contributed by atoms with Crippen LogP contribution >= 0.6 is 11.8 Å². The van der Waals surface area contributed by atoms with E-state index in [-0.39, 0.29) is 0 Å². The lowest BCUT2D eigenvalue weighted by atomic mass is 10.2. The molecule has 1 aromatic rings. The number of alkyl halides is 3. The molecular weight excluding hydrogens is 249 g/mol. The van der Waals surface area contributed by atoms with Crippen LogP contribution in [0.15, 0.2) is 23.1 Å². The number of halogens is 3. The van der Waals surface area contributed by atoms with Crippen molar-refractivity contribution < 1.29 is 13.2 Å². The van der Waals surface area contributed by atoms with Crippen molar-refractivity contribution in [1.29, 1.82) is 0 Å². The summed E-state index contributed by atoms with van der Waals surface area (Å²) in [7, 11) is 0. The summed E-state index contributed by atoms with van der Waals surface area (Å²) in [6, 6.07) is 3.90. The molecule has 2 N–H and O–H groups in total. The number of benzene rings is 1. The quantitative estimate of drug-likeness (QED) is 0.888. The standard InChI is InChI=1S/C11H13F3N2S/c12-11(13,14)8-1-2-9-10(7-8)17-6-5-16(9)4-3-15/h1-2,7H,3-6,15H2. The highest BCUT2D eigenvalue weighted by atomic mass is 32.2. The van der Waals surface area contributed by atoms with E-state index in [2.05, 4.69) is 0 Å². The minimum Gasteiger partial charge on any atom is -0.369 e. The van der Waals surface area contributed by atoms with E-state index in [9.17, 15) is 13.2 Å². The molecule has 17 heavy (non-hydrogen) atoms. The molecule has 1 aliphatic heterocycles. The van der Waals surface area contributed by atoms with Crippen LogP contribution in [-0.2, 0) is 6.18 Å². The van der Waals surface area contributed by atoms with E-state index in [4.69, 9.17) is 5.73 Å². The van der Waals surface area contributed by atoms with Crippen LogP contribution in [0.3, 0.4) is 0 Å². The van der Waals surface area contributed by atoms with E-state index in [1.165, 1.54) is 17.8 Å². The normalized spacial score (nSPS) is 15.9. The molecule has 0 saturated heterocycles. The smallest absolute Gasteiger partial charge is 0.369 e. The van der Waals surface area contributed by atoms with Crippen molar-refractivity contribution in [1.82, 2.24) is 0 Å². The number of rotatable bonds is 2. The third-order valence-electron chi connectivity index (χ3n) is 2.65. The van der Waals surface area contributed by atoms with E-state index in [1.54, 1.807) is 6.07 Å². The average Bonchev–Trinajstić information content (AvgIpc) is 2.28. The summed E-state index contributed by atoms with van der Waals surface area (Å²) in [6.07, 6.45) is -4.27. The zero-order valence-corrected chi connectivity index (χ0v) is 9.94. The first-order valence-corrected chi connectivity index (χ1v) is 6.30. The topological polar surface area (TPSA) is 29.3 Å². The van der Waals surface area contributed by atoms with Gasteiger partial charge in [-0.3, -0.25) is 0 Å². The summed E-state index contributed by atoms with van der Waals surface area (Å²) in [5, 5.41) is 0. The molecule has 0 aliphatic carbocycles. The van der Waals surface area contributed by atoms with Gasteiger partial charge in [0.25, 0.3) is 0 Å². The van der Waals surface area contributed by atoms with E-state index < -0.39 is 11.7 Å². The van der Waals surface area contributed by atoms with Gasteiger partial charge in [-0.05, 0) is 18.2 Å². The Morgan fingerprint density at radius 1 is 1.35 bits per heavy atom. The number of thioether (sulfide) groups is 1. The lowest BCUT2D eigenvalue weighted by Gasteiger charge is -2.30. The summed E-state index contributed by atoms with van der Waals surface area (Å²) in [5.74, 6) is 0.800. The van der Waals surface area contributed by atoms with Crippen LogP contribution in [-0.4, -0.2) is 25.4 Å². The van der Waals surface area contributed by atoms with E-state index in [1.807, 2.05) is 4.90 Å². The average molecular weight is 262 g/mol. The molecule has 1 aliphatic rings. The summed E-state index contributed by atoms with van der Waals surface area (Å²) >= 11 is 1.47. The van der Waals surface area contributed by atoms with Crippen LogP contribution in [0.4, 0.5) is 18.9 Å². The fraction of sp³-hybridized carbons (Fsp3) is 0.455. The number of hydrogen-bond acceptors (Lipinski definition) is 3. The Hall–Kier alpha value is -0.880. The lowest BCUT2D eigenvalue weighted by Crippen LogP contribution is -2.33. The second kappa shape index (κ2) is 4.78. The van der Waals surface area contributed by atoms with Gasteiger partial charge in [-0.1, -0.05) is 0 Å². The van der Waals surface area contributed by atoms with Crippen molar-refractivity contribution in [2.45, 2.75) is 11.1 Å². The summed E-state index contributed by atoms with van der Waals surface area (Å²) in [6.45, 7) is 2.02.